The van der Waals surface area contributed by atoms with Gasteiger partial charge in [0.25, 0.3) is 0 Å². The molecule has 0 fully saturated rings. The molecule has 96 valence electrons. The van der Waals surface area contributed by atoms with Gasteiger partial charge in [-0.2, -0.15) is 5.26 Å². The highest BCUT2D eigenvalue weighted by molar-refractivity contribution is 7.10. The summed E-state index contributed by atoms with van der Waals surface area (Å²) in [4.78, 5) is 3.66. The third kappa shape index (κ3) is 2.40. The fourth-order valence-electron chi connectivity index (χ4n) is 2.54. The van der Waals surface area contributed by atoms with E-state index in [2.05, 4.69) is 22.4 Å². The van der Waals surface area contributed by atoms with Gasteiger partial charge < -0.3 is 0 Å². The summed E-state index contributed by atoms with van der Waals surface area (Å²) in [6.45, 7) is 1.75. The minimum absolute atomic E-state index is 0.262. The van der Waals surface area contributed by atoms with Crippen LogP contribution in [0.15, 0.2) is 35.7 Å². The summed E-state index contributed by atoms with van der Waals surface area (Å²) >= 11 is 8.03. The van der Waals surface area contributed by atoms with E-state index in [1.807, 2.05) is 35.6 Å². The second-order valence-corrected chi connectivity index (χ2v) is 6.05. The van der Waals surface area contributed by atoms with Crippen LogP contribution in [0.4, 0.5) is 0 Å². The molecular formula is C15H13ClN2S. The Bertz CT molecular complexity index is 629. The maximum absolute atomic E-state index is 9.51. The Morgan fingerprint density at radius 3 is 2.95 bits per heavy atom. The molecule has 0 N–H and O–H groups in total. The first-order valence-electron chi connectivity index (χ1n) is 6.23. The highest BCUT2D eigenvalue weighted by Gasteiger charge is 2.26. The predicted octanol–water partition coefficient (Wildman–Crippen LogP) is 4.02. The standard InChI is InChI=1S/C15H13ClN2S/c16-13-4-2-1-3-12(13)14(9-17)18-7-5-15-11(10-18)6-8-19-15/h1-4,6,8,14H,5,7,10H2/t14-/m0/s1. The third-order valence-corrected chi connectivity index (χ3v) is 4.89. The van der Waals surface area contributed by atoms with E-state index in [-0.39, 0.29) is 6.04 Å². The first-order valence-corrected chi connectivity index (χ1v) is 7.48. The zero-order valence-electron chi connectivity index (χ0n) is 10.3. The van der Waals surface area contributed by atoms with Crippen molar-refractivity contribution in [1.29, 1.82) is 5.26 Å². The molecule has 1 aromatic heterocycles. The van der Waals surface area contributed by atoms with E-state index in [1.165, 1.54) is 10.4 Å². The topological polar surface area (TPSA) is 27.0 Å². The van der Waals surface area contributed by atoms with Crippen LogP contribution in [0.3, 0.4) is 0 Å². The molecule has 1 atom stereocenters. The van der Waals surface area contributed by atoms with Gasteiger partial charge in [0.05, 0.1) is 6.07 Å². The second-order valence-electron chi connectivity index (χ2n) is 4.64. The molecular weight excluding hydrogens is 276 g/mol. The minimum Gasteiger partial charge on any atom is -0.280 e. The van der Waals surface area contributed by atoms with Gasteiger partial charge in [0, 0.05) is 28.6 Å². The van der Waals surface area contributed by atoms with Crippen molar-refractivity contribution >= 4 is 22.9 Å². The van der Waals surface area contributed by atoms with Crippen LogP contribution < -0.4 is 0 Å². The second kappa shape index (κ2) is 5.34. The lowest BCUT2D eigenvalue weighted by atomic mass is 10.0. The van der Waals surface area contributed by atoms with Crippen LogP contribution in [-0.4, -0.2) is 11.4 Å². The number of rotatable bonds is 2. The summed E-state index contributed by atoms with van der Waals surface area (Å²) in [6.07, 6.45) is 1.02. The summed E-state index contributed by atoms with van der Waals surface area (Å²) in [5.74, 6) is 0. The summed E-state index contributed by atoms with van der Waals surface area (Å²) in [5.41, 5.74) is 2.26. The maximum atomic E-state index is 9.51. The monoisotopic (exact) mass is 288 g/mol. The average molecular weight is 289 g/mol. The molecule has 2 aromatic rings. The number of fused-ring (bicyclic) bond motifs is 1. The van der Waals surface area contributed by atoms with Crippen molar-refractivity contribution in [3.05, 3.63) is 56.7 Å². The first-order chi connectivity index (χ1) is 9.29. The fourth-order valence-corrected chi connectivity index (χ4v) is 3.66. The molecule has 0 saturated carbocycles. The Hall–Kier alpha value is -1.34. The third-order valence-electron chi connectivity index (χ3n) is 3.52. The van der Waals surface area contributed by atoms with E-state index in [0.717, 1.165) is 25.1 Å². The van der Waals surface area contributed by atoms with E-state index in [4.69, 9.17) is 11.6 Å². The zero-order valence-corrected chi connectivity index (χ0v) is 11.9. The molecule has 3 rings (SSSR count). The summed E-state index contributed by atoms with van der Waals surface area (Å²) < 4.78 is 0. The van der Waals surface area contributed by atoms with E-state index in [0.29, 0.717) is 5.02 Å². The van der Waals surface area contributed by atoms with Gasteiger partial charge in [-0.15, -0.1) is 11.3 Å². The number of benzene rings is 1. The van der Waals surface area contributed by atoms with Crippen LogP contribution in [0.25, 0.3) is 0 Å². The lowest BCUT2D eigenvalue weighted by molar-refractivity contribution is 0.218. The average Bonchev–Trinajstić information content (AvgIpc) is 2.89. The molecule has 1 aliphatic heterocycles. The normalized spacial score (nSPS) is 16.6. The molecule has 0 saturated heterocycles. The van der Waals surface area contributed by atoms with Crippen LogP contribution in [-0.2, 0) is 13.0 Å². The molecule has 0 bridgehead atoms. The Labute approximate surface area is 121 Å². The van der Waals surface area contributed by atoms with Crippen LogP contribution in [0.1, 0.15) is 22.0 Å². The molecule has 19 heavy (non-hydrogen) atoms. The molecule has 4 heteroatoms. The van der Waals surface area contributed by atoms with Crippen LogP contribution >= 0.6 is 22.9 Å². The van der Waals surface area contributed by atoms with Crippen molar-refractivity contribution < 1.29 is 0 Å². The summed E-state index contributed by atoms with van der Waals surface area (Å²) in [5, 5.41) is 12.3. The molecule has 0 radical (unpaired) electrons. The predicted molar refractivity (Wildman–Crippen MR) is 78.2 cm³/mol. The molecule has 0 spiro atoms. The lowest BCUT2D eigenvalue weighted by Crippen LogP contribution is -2.33. The van der Waals surface area contributed by atoms with Gasteiger partial charge in [-0.1, -0.05) is 29.8 Å². The van der Waals surface area contributed by atoms with Gasteiger partial charge >= 0.3 is 0 Å². The van der Waals surface area contributed by atoms with E-state index in [9.17, 15) is 5.26 Å². The highest BCUT2D eigenvalue weighted by Crippen LogP contribution is 2.32. The van der Waals surface area contributed by atoms with E-state index in [1.54, 1.807) is 0 Å². The quantitative estimate of drug-likeness (QED) is 0.834. The van der Waals surface area contributed by atoms with Crippen molar-refractivity contribution in [3.63, 3.8) is 0 Å². The zero-order chi connectivity index (χ0) is 13.2. The molecule has 1 aliphatic rings. The molecule has 0 amide bonds. The van der Waals surface area contributed by atoms with Gasteiger partial charge in [0.2, 0.25) is 0 Å². The van der Waals surface area contributed by atoms with Gasteiger partial charge in [-0.05, 0) is 29.5 Å². The van der Waals surface area contributed by atoms with Gasteiger partial charge in [-0.3, -0.25) is 4.90 Å². The molecule has 0 unspecified atom stereocenters. The smallest absolute Gasteiger partial charge is 0.125 e. The molecule has 2 nitrogen and oxygen atoms in total. The molecule has 0 aliphatic carbocycles. The maximum Gasteiger partial charge on any atom is 0.125 e. The van der Waals surface area contributed by atoms with Crippen LogP contribution in [0.2, 0.25) is 5.02 Å². The Balaban J connectivity index is 1.89. The fraction of sp³-hybridized carbons (Fsp3) is 0.267. The summed E-state index contributed by atoms with van der Waals surface area (Å²) in [6, 6.07) is 11.9. The van der Waals surface area contributed by atoms with Crippen molar-refractivity contribution in [3.8, 4) is 6.07 Å². The van der Waals surface area contributed by atoms with Crippen molar-refractivity contribution in [2.45, 2.75) is 19.0 Å². The highest BCUT2D eigenvalue weighted by atomic mass is 35.5. The number of nitriles is 1. The van der Waals surface area contributed by atoms with Crippen molar-refractivity contribution in [2.75, 3.05) is 6.54 Å². The van der Waals surface area contributed by atoms with E-state index < -0.39 is 0 Å². The molecule has 1 aromatic carbocycles. The largest absolute Gasteiger partial charge is 0.280 e. The number of halogens is 1. The number of hydrogen-bond donors (Lipinski definition) is 0. The minimum atomic E-state index is -0.262. The van der Waals surface area contributed by atoms with Crippen molar-refractivity contribution in [2.24, 2.45) is 0 Å². The lowest BCUT2D eigenvalue weighted by Gasteiger charge is -2.31. The number of hydrogen-bond acceptors (Lipinski definition) is 3. The van der Waals surface area contributed by atoms with Crippen LogP contribution in [0.5, 0.6) is 0 Å². The van der Waals surface area contributed by atoms with Gasteiger partial charge in [0.1, 0.15) is 6.04 Å². The number of thiophene rings is 1. The van der Waals surface area contributed by atoms with Gasteiger partial charge in [0.15, 0.2) is 0 Å². The van der Waals surface area contributed by atoms with Gasteiger partial charge in [-0.25, -0.2) is 0 Å². The number of nitrogens with zero attached hydrogens (tertiary/aromatic N) is 2. The van der Waals surface area contributed by atoms with Crippen molar-refractivity contribution in [1.82, 2.24) is 4.90 Å². The SMILES string of the molecule is N#C[C@@H](c1ccccc1Cl)N1CCc2sccc2C1. The Morgan fingerprint density at radius 2 is 2.16 bits per heavy atom. The van der Waals surface area contributed by atoms with Crippen LogP contribution in [0, 0.1) is 11.3 Å². The van der Waals surface area contributed by atoms with E-state index >= 15 is 0 Å². The Kier molecular flexibility index (Phi) is 3.56. The Morgan fingerprint density at radius 1 is 1.32 bits per heavy atom. The summed E-state index contributed by atoms with van der Waals surface area (Å²) in [7, 11) is 0. The molecule has 2 heterocycles. The first kappa shape index (κ1) is 12.7.